The Morgan fingerprint density at radius 2 is 1.36 bits per heavy atom. The molecule has 1 heterocycles. The van der Waals surface area contributed by atoms with E-state index in [1.165, 1.54) is 27.9 Å². The number of aliphatic imine (C=N–C) groups is 1. The van der Waals surface area contributed by atoms with Crippen molar-refractivity contribution < 1.29 is 58.5 Å². The second-order valence-electron chi connectivity index (χ2n) is 14.7. The van der Waals surface area contributed by atoms with E-state index >= 15 is 0 Å². The zero-order valence-corrected chi connectivity index (χ0v) is 39.5. The number of halogens is 1. The number of aldehydes is 1. The summed E-state index contributed by atoms with van der Waals surface area (Å²) in [4.78, 5) is 29.8. The molecule has 59 heavy (non-hydrogen) atoms. The molecule has 2 N–H and O–H groups in total. The fraction of sp³-hybridized carbons (Fsp3) is 0.340. The van der Waals surface area contributed by atoms with Crippen LogP contribution in [0.2, 0.25) is 0 Å². The quantitative estimate of drug-likeness (QED) is 0.0203. The van der Waals surface area contributed by atoms with Crippen LogP contribution in [-0.4, -0.2) is 47.9 Å². The Kier molecular flexibility index (Phi) is 23.6. The molecule has 0 aliphatic rings. The third kappa shape index (κ3) is 15.5. The number of hydrogen-bond donors (Lipinski definition) is 1. The molecular formula is C47H59ClN4NaO6+. The Hall–Kier alpha value is -4.58. The van der Waals surface area contributed by atoms with Gasteiger partial charge in [0.15, 0.2) is 0 Å². The van der Waals surface area contributed by atoms with Gasteiger partial charge in [0, 0.05) is 29.6 Å². The Morgan fingerprint density at radius 1 is 0.864 bits per heavy atom. The van der Waals surface area contributed by atoms with E-state index in [-0.39, 0.29) is 41.9 Å². The number of amidine groups is 1. The average molecular weight is 834 g/mol. The minimum atomic E-state index is -0.181. The molecular weight excluding hydrogens is 775 g/mol. The molecule has 310 valence electrons. The first-order chi connectivity index (χ1) is 27.6. The topological polar surface area (TPSA) is 143 Å². The minimum absolute atomic E-state index is 0. The third-order valence-electron chi connectivity index (χ3n) is 8.96. The van der Waals surface area contributed by atoms with Gasteiger partial charge in [-0.1, -0.05) is 91.8 Å². The predicted molar refractivity (Wildman–Crippen MR) is 235 cm³/mol. The molecule has 0 bridgehead atoms. The van der Waals surface area contributed by atoms with Gasteiger partial charge < -0.3 is 25.4 Å². The molecule has 12 heteroatoms. The van der Waals surface area contributed by atoms with Gasteiger partial charge in [0.25, 0.3) is 13.3 Å². The summed E-state index contributed by atoms with van der Waals surface area (Å²) < 4.78 is 12.8. The first-order valence-corrected chi connectivity index (χ1v) is 19.7. The summed E-state index contributed by atoms with van der Waals surface area (Å²) in [6, 6.07) is 25.0. The van der Waals surface area contributed by atoms with E-state index in [9.17, 15) is 0 Å². The summed E-state index contributed by atoms with van der Waals surface area (Å²) in [6.07, 6.45) is 4.59. The van der Waals surface area contributed by atoms with Gasteiger partial charge in [-0.25, -0.2) is 14.4 Å². The zero-order chi connectivity index (χ0) is 43.5. The van der Waals surface area contributed by atoms with Crippen molar-refractivity contribution in [3.8, 4) is 28.6 Å². The number of carbonyl (C=O) groups excluding carboxylic acids is 3. The van der Waals surface area contributed by atoms with Crippen LogP contribution in [0.4, 0.5) is 5.69 Å². The van der Waals surface area contributed by atoms with Crippen LogP contribution in [0.3, 0.4) is 0 Å². The maximum atomic E-state index is 9.04. The maximum Gasteiger partial charge on any atom is 1.00 e. The van der Waals surface area contributed by atoms with Crippen LogP contribution < -0.4 is 45.3 Å². The molecule has 0 saturated heterocycles. The van der Waals surface area contributed by atoms with Crippen molar-refractivity contribution >= 4 is 42.7 Å². The average Bonchev–Trinajstić information content (AvgIpc) is 3.70. The normalized spacial score (nSPS) is 10.7. The van der Waals surface area contributed by atoms with Gasteiger partial charge in [-0.2, -0.15) is 0 Å². The van der Waals surface area contributed by atoms with Gasteiger partial charge in [-0.15, -0.1) is 11.6 Å². The van der Waals surface area contributed by atoms with Crippen molar-refractivity contribution in [1.29, 1.82) is 0 Å². The number of nitrogens with zero attached hydrogens (tertiary/aromatic N) is 3. The summed E-state index contributed by atoms with van der Waals surface area (Å²) in [6.45, 7) is 25.1. The molecule has 10 nitrogen and oxygen atoms in total. The Labute approximate surface area is 377 Å². The number of carbonyl (C=O) groups is 2. The van der Waals surface area contributed by atoms with Crippen molar-refractivity contribution in [3.05, 3.63) is 124 Å². The zero-order valence-electron chi connectivity index (χ0n) is 36.7. The summed E-state index contributed by atoms with van der Waals surface area (Å²) in [5.74, 6) is 4.73. The molecule has 0 radical (unpaired) electrons. The number of aryl methyl sites for hydroxylation is 2. The number of alkyl halides is 1. The smallest absolute Gasteiger partial charge is 0.662 e. The number of nitrogens with two attached hydrogens (primary N) is 1. The van der Waals surface area contributed by atoms with Crippen LogP contribution in [0.15, 0.2) is 90.2 Å². The molecule has 0 atom stereocenters. The molecule has 1 aromatic heterocycles. The number of imidazole rings is 1. The number of methoxy groups -OCH3 is 1. The van der Waals surface area contributed by atoms with Gasteiger partial charge in [0.2, 0.25) is 0 Å². The first kappa shape index (κ1) is 52.4. The summed E-state index contributed by atoms with van der Waals surface area (Å²) in [7, 11) is 1.70. The Morgan fingerprint density at radius 3 is 1.80 bits per heavy atom. The summed E-state index contributed by atoms with van der Waals surface area (Å²) in [5.41, 5.74) is 17.8. The monoisotopic (exact) mass is 833 g/mol. The third-order valence-corrected chi connectivity index (χ3v) is 9.09. The second-order valence-corrected chi connectivity index (χ2v) is 15.0. The summed E-state index contributed by atoms with van der Waals surface area (Å²) in [5, 5.41) is 8.43. The maximum absolute atomic E-state index is 9.04. The molecule has 0 aliphatic carbocycles. The fourth-order valence-electron chi connectivity index (χ4n) is 6.29. The van der Waals surface area contributed by atoms with E-state index in [0.717, 1.165) is 39.5 Å². The van der Waals surface area contributed by atoms with E-state index in [0.29, 0.717) is 41.5 Å². The van der Waals surface area contributed by atoms with E-state index in [4.69, 9.17) is 46.3 Å². The standard InChI is InChI=1S/C23H28N2O.C21H27N2O.C2H3ClO.CH2O3.Na/c1-15(2)20-8-7-9-21(16(3)4)22(20)25-11-10-24-23(25)18-12-17(5)13-19(14-18)26-6;1-13(2)18-8-7-9-19(14(3)4)20(18)23-21(22)16-10-15(5)11-17(12-16)24-6;3-1-2-4;2-1-4-3;/h7-16H,1-6H3;7-14H,6H2,1-5H3,(H2,22,23);2H,1H2;1,3H;/q;+1;;;+1/p-1. The molecule has 0 unspecified atom stereocenters. The predicted octanol–water partition coefficient (Wildman–Crippen LogP) is 7.32. The van der Waals surface area contributed by atoms with Crippen LogP contribution in [0.5, 0.6) is 11.5 Å². The largest absolute Gasteiger partial charge is 1.00 e. The van der Waals surface area contributed by atoms with Gasteiger partial charge >= 0.3 is 35.3 Å². The first-order valence-electron chi connectivity index (χ1n) is 19.1. The van der Waals surface area contributed by atoms with E-state index in [2.05, 4.69) is 138 Å². The number of para-hydroxylation sites is 2. The van der Waals surface area contributed by atoms with Crippen LogP contribution in [0.25, 0.3) is 17.1 Å². The Bertz CT molecular complexity index is 2070. The molecule has 0 amide bonds. The van der Waals surface area contributed by atoms with Gasteiger partial charge in [-0.3, -0.25) is 9.36 Å². The van der Waals surface area contributed by atoms with Gasteiger partial charge in [-0.05, 0) is 95.2 Å². The Balaban J connectivity index is 0.000000493. The number of ether oxygens (including phenoxy) is 1. The second kappa shape index (κ2) is 26.5. The number of aromatic nitrogens is 2. The van der Waals surface area contributed by atoms with Gasteiger partial charge in [0.1, 0.15) is 23.7 Å². The molecule has 5 aromatic rings. The van der Waals surface area contributed by atoms with Crippen LogP contribution in [-0.2, 0) is 18.9 Å². The van der Waals surface area contributed by atoms with E-state index in [1.54, 1.807) is 7.11 Å². The van der Waals surface area contributed by atoms with Crippen LogP contribution in [0.1, 0.15) is 118 Å². The van der Waals surface area contributed by atoms with E-state index < -0.39 is 0 Å². The van der Waals surface area contributed by atoms with Crippen molar-refractivity contribution in [3.63, 3.8) is 0 Å². The number of benzene rings is 4. The van der Waals surface area contributed by atoms with Crippen molar-refractivity contribution in [2.45, 2.75) is 92.9 Å². The van der Waals surface area contributed by atoms with Crippen molar-refractivity contribution in [1.82, 2.24) is 9.55 Å². The summed E-state index contributed by atoms with van der Waals surface area (Å²) >= 11 is 4.82. The molecule has 0 spiro atoms. The molecule has 0 saturated carbocycles. The van der Waals surface area contributed by atoms with Crippen molar-refractivity contribution in [2.75, 3.05) is 13.0 Å². The number of hydrogen-bond acceptors (Lipinski definition) is 7. The minimum Gasteiger partial charge on any atom is -0.662 e. The fourth-order valence-corrected chi connectivity index (χ4v) is 6.29. The SMILES string of the molecule is C=[O+]c1cc(C)cc(C(N)=Nc2c(C(C)C)cccc2C(C)C)c1.COc1cc(C)cc(-c2nccn2-c2c(C(C)C)cccc2C(C)C)c1.O=CCCl.O=CO[O-].[Na+]. The van der Waals surface area contributed by atoms with Crippen LogP contribution >= 0.6 is 11.6 Å². The van der Waals surface area contributed by atoms with Crippen molar-refractivity contribution in [2.24, 2.45) is 10.7 Å². The van der Waals surface area contributed by atoms with E-state index in [1.807, 2.05) is 37.4 Å². The van der Waals surface area contributed by atoms with Crippen LogP contribution in [0, 0.1) is 13.8 Å². The van der Waals surface area contributed by atoms with Gasteiger partial charge in [0.05, 0.1) is 30.4 Å². The number of rotatable bonds is 12. The molecule has 4 aromatic carbocycles. The molecule has 0 fully saturated rings. The molecule has 5 rings (SSSR count). The molecule has 0 aliphatic heterocycles.